The minimum absolute atomic E-state index is 0.218. The van der Waals surface area contributed by atoms with Gasteiger partial charge in [0.25, 0.3) is 0 Å². The molecular weight excluding hydrogens is 693 g/mol. The van der Waals surface area contributed by atoms with E-state index in [0.717, 1.165) is 0 Å². The zero-order chi connectivity index (χ0) is 38.0. The van der Waals surface area contributed by atoms with Gasteiger partial charge < -0.3 is 0 Å². The highest BCUT2D eigenvalue weighted by Gasteiger charge is 2.77. The minimum atomic E-state index is -0.610. The van der Waals surface area contributed by atoms with E-state index in [1.807, 2.05) is 0 Å². The third-order valence-electron chi connectivity index (χ3n) is 18.8. The summed E-state index contributed by atoms with van der Waals surface area (Å²) in [6.45, 7) is 20.4. The number of hydrogen-bond acceptors (Lipinski definition) is 0. The van der Waals surface area contributed by atoms with Crippen LogP contribution in [0.4, 0.5) is 0 Å². The molecule has 2 aromatic heterocycles. The van der Waals surface area contributed by atoms with Gasteiger partial charge in [0.15, 0.2) is 0 Å². The van der Waals surface area contributed by atoms with Gasteiger partial charge in [0.2, 0.25) is 22.8 Å². The molecule has 0 N–H and O–H groups in total. The summed E-state index contributed by atoms with van der Waals surface area (Å²) in [6.07, 6.45) is 36.7. The van der Waals surface area contributed by atoms with Crippen molar-refractivity contribution in [3.05, 3.63) is 133 Å². The van der Waals surface area contributed by atoms with E-state index < -0.39 is 5.91 Å². The van der Waals surface area contributed by atoms with Crippen LogP contribution in [-0.2, 0) is 5.91 Å². The molecule has 0 saturated heterocycles. The normalized spacial score (nSPS) is 40.2. The predicted octanol–water partition coefficient (Wildman–Crippen LogP) is 8.92. The van der Waals surface area contributed by atoms with Gasteiger partial charge in [-0.2, -0.15) is 9.13 Å². The highest BCUT2D eigenvalue weighted by atomic mass is 15.6. The molecule has 0 radical (unpaired) electrons. The smallest absolute Gasteiger partial charge is 0.199 e. The van der Waals surface area contributed by atoms with E-state index in [1.165, 1.54) is 70.6 Å². The summed E-state index contributed by atoms with van der Waals surface area (Å²) >= 11 is 0. The Balaban J connectivity index is 1.14. The molecular formula is C53H52N4+2. The van der Waals surface area contributed by atoms with Gasteiger partial charge >= 0.3 is 5.91 Å². The van der Waals surface area contributed by atoms with Gasteiger partial charge in [0.1, 0.15) is 0 Å². The van der Waals surface area contributed by atoms with Gasteiger partial charge in [-0.3, -0.25) is 0 Å². The first-order chi connectivity index (χ1) is 27.2. The van der Waals surface area contributed by atoms with Crippen LogP contribution in [0.2, 0.25) is 0 Å². The number of allylic oxidation sites excluding steroid dienone is 13. The summed E-state index contributed by atoms with van der Waals surface area (Å²) in [7, 11) is 0. The minimum Gasteiger partial charge on any atom is -0.199 e. The van der Waals surface area contributed by atoms with Gasteiger partial charge in [-0.25, -0.2) is 0 Å². The average Bonchev–Trinajstić information content (AvgIpc) is 3.89. The zero-order valence-corrected chi connectivity index (χ0v) is 34.7. The van der Waals surface area contributed by atoms with Crippen LogP contribution in [0.25, 0.3) is 18.2 Å². The van der Waals surface area contributed by atoms with Gasteiger partial charge in [-0.05, 0) is 75.7 Å². The highest BCUT2D eigenvalue weighted by molar-refractivity contribution is 6.22. The molecule has 6 aliphatic heterocycles. The summed E-state index contributed by atoms with van der Waals surface area (Å²) in [5.74, 6) is 2.78. The molecule has 0 fully saturated rings. The van der Waals surface area contributed by atoms with Crippen molar-refractivity contribution in [3.63, 3.8) is 0 Å². The maximum atomic E-state index is 2.95. The Morgan fingerprint density at radius 1 is 0.421 bits per heavy atom. The summed E-state index contributed by atoms with van der Waals surface area (Å²) in [6, 6.07) is 0. The molecule has 4 heteroatoms. The largest absolute Gasteiger partial charge is 0.553 e. The molecule has 8 heterocycles. The number of nitrogens with zero attached hydrogens (tertiary/aromatic N) is 4. The van der Waals surface area contributed by atoms with Gasteiger partial charge in [0, 0.05) is 81.8 Å². The second-order valence-electron chi connectivity index (χ2n) is 23.6. The van der Waals surface area contributed by atoms with Crippen LogP contribution in [0.5, 0.6) is 0 Å². The zero-order valence-electron chi connectivity index (χ0n) is 34.7. The van der Waals surface area contributed by atoms with Gasteiger partial charge in [-0.15, -0.1) is 0 Å². The van der Waals surface area contributed by atoms with E-state index in [4.69, 9.17) is 0 Å². The van der Waals surface area contributed by atoms with Crippen LogP contribution in [0.3, 0.4) is 0 Å². The SMILES string of the molecule is CC1(C)CC2C=CC1C1=C2C2=[N+]3C1=Cc1c4c(c5n1[C@@]31n3c(c6c(c3=CC3=[N+]1C(=C2)C1=C3C2C=CC1C(C)(C)C2)C1C=CC6CC1(C)C)=C5)C1C=CC4CC1(C)C. The van der Waals surface area contributed by atoms with Crippen molar-refractivity contribution >= 4 is 29.7 Å². The lowest BCUT2D eigenvalue weighted by Crippen LogP contribution is -2.70. The Kier molecular flexibility index (Phi) is 4.49. The van der Waals surface area contributed by atoms with E-state index in [0.29, 0.717) is 47.3 Å². The topological polar surface area (TPSA) is 15.9 Å². The second kappa shape index (κ2) is 8.36. The molecule has 0 amide bonds. The van der Waals surface area contributed by atoms with Crippen molar-refractivity contribution < 1.29 is 9.15 Å². The van der Waals surface area contributed by atoms with Crippen LogP contribution in [-0.4, -0.2) is 29.7 Å². The molecule has 4 nitrogen and oxygen atoms in total. The molecule has 0 aromatic carbocycles. The molecule has 282 valence electrons. The fourth-order valence-corrected chi connectivity index (χ4v) is 16.8. The number of fused-ring (bicyclic) bond motifs is 4. The van der Waals surface area contributed by atoms with Gasteiger partial charge in [0.05, 0.1) is 28.2 Å². The first-order valence-electron chi connectivity index (χ1n) is 22.5. The summed E-state index contributed by atoms with van der Waals surface area (Å²) in [5, 5.41) is 2.98. The van der Waals surface area contributed by atoms with Crippen LogP contribution in [0.1, 0.15) is 138 Å². The van der Waals surface area contributed by atoms with Crippen molar-refractivity contribution in [1.82, 2.24) is 9.13 Å². The van der Waals surface area contributed by atoms with Crippen LogP contribution < -0.4 is 10.7 Å². The van der Waals surface area contributed by atoms with E-state index in [9.17, 15) is 0 Å². The Labute approximate surface area is 335 Å². The lowest BCUT2D eigenvalue weighted by molar-refractivity contribution is -0.837. The van der Waals surface area contributed by atoms with E-state index in [2.05, 4.69) is 147 Å². The second-order valence-corrected chi connectivity index (χ2v) is 23.6. The maximum absolute atomic E-state index is 2.95. The summed E-state index contributed by atoms with van der Waals surface area (Å²) in [5.41, 5.74) is 22.9. The molecule has 2 aromatic rings. The molecule has 18 aliphatic rings. The molecule has 1 spiro atoms. The Morgan fingerprint density at radius 3 is 1.47 bits per heavy atom. The Morgan fingerprint density at radius 2 is 0.877 bits per heavy atom. The quantitative estimate of drug-likeness (QED) is 0.189. The monoisotopic (exact) mass is 744 g/mol. The summed E-state index contributed by atoms with van der Waals surface area (Å²) in [4.78, 5) is 0. The molecule has 57 heavy (non-hydrogen) atoms. The number of rotatable bonds is 0. The van der Waals surface area contributed by atoms with Crippen molar-refractivity contribution in [2.75, 3.05) is 0 Å². The Hall–Kier alpha value is -4.44. The average molecular weight is 745 g/mol. The van der Waals surface area contributed by atoms with Crippen LogP contribution in [0, 0.1) is 45.3 Å². The molecule has 20 rings (SSSR count). The van der Waals surface area contributed by atoms with Crippen molar-refractivity contribution in [2.45, 2.75) is 111 Å². The van der Waals surface area contributed by atoms with Crippen LogP contribution in [0.15, 0.2) is 88.4 Å². The molecule has 12 aliphatic carbocycles. The predicted molar refractivity (Wildman–Crippen MR) is 225 cm³/mol. The van der Waals surface area contributed by atoms with Crippen molar-refractivity contribution in [2.24, 2.45) is 45.3 Å². The van der Waals surface area contributed by atoms with Crippen molar-refractivity contribution in [1.29, 1.82) is 0 Å². The van der Waals surface area contributed by atoms with E-state index in [-0.39, 0.29) is 21.7 Å². The fraction of sp³-hybridized carbons (Fsp3) is 0.472. The standard InChI is InChI=1S/C53H52N4/c1-49(2)21-25-9-13-29(49)45-37-17-34-42-26-10-14-31(50(3,4)22-26)47(42)39-19-36-44-28-12-16-32(52(7,8)24-28)48(44)40-20-35-43-27-11-15-30(51(5,6)23-27)46(43)38-18-33(41(25)45)54(37)53(55(34)39,56(35)38)57(36)40/h9-20,25-32H,21-24H2,1-8H3/q+2/t25?,26?,27?,28?,29?,30?,31?,32?,53-. The fourth-order valence-electron chi connectivity index (χ4n) is 16.8. The van der Waals surface area contributed by atoms with Crippen LogP contribution >= 0.6 is 0 Å². The third kappa shape index (κ3) is 2.83. The first kappa shape index (κ1) is 30.6. The van der Waals surface area contributed by atoms with Gasteiger partial charge in [-0.1, -0.05) is 113 Å². The van der Waals surface area contributed by atoms with Crippen molar-refractivity contribution in [3.8, 4) is 0 Å². The number of hydrogen-bond donors (Lipinski definition) is 0. The lowest BCUT2D eigenvalue weighted by atomic mass is 9.57. The number of aromatic nitrogens is 2. The first-order valence-corrected chi connectivity index (χ1v) is 22.5. The maximum Gasteiger partial charge on any atom is 0.553 e. The molecule has 8 unspecified atom stereocenters. The summed E-state index contributed by atoms with van der Waals surface area (Å²) < 4.78 is 11.8. The lowest BCUT2D eigenvalue weighted by Gasteiger charge is -2.45. The van der Waals surface area contributed by atoms with E-state index >= 15 is 0 Å². The molecule has 0 saturated carbocycles. The highest BCUT2D eigenvalue weighted by Crippen LogP contribution is 2.66. The Bertz CT molecular complexity index is 3060. The molecule has 9 atom stereocenters. The van der Waals surface area contributed by atoms with E-state index in [1.54, 1.807) is 44.5 Å². The third-order valence-corrected chi connectivity index (χ3v) is 18.8. The molecule has 8 bridgehead atoms.